The van der Waals surface area contributed by atoms with Crippen molar-refractivity contribution in [1.82, 2.24) is 0 Å². The first kappa shape index (κ1) is 22.4. The molecule has 23 heavy (non-hydrogen) atoms. The summed E-state index contributed by atoms with van der Waals surface area (Å²) < 4.78 is 16.6. The van der Waals surface area contributed by atoms with E-state index in [0.29, 0.717) is 0 Å². The van der Waals surface area contributed by atoms with Crippen molar-refractivity contribution >= 4 is 31.9 Å². The Morgan fingerprint density at radius 3 is 2.09 bits per heavy atom. The van der Waals surface area contributed by atoms with E-state index in [4.69, 9.17) is 25.5 Å². The second-order valence-electron chi connectivity index (χ2n) is 7.45. The maximum atomic E-state index is 12.4. The summed E-state index contributed by atoms with van der Waals surface area (Å²) in [6.07, 6.45) is -0.697. The van der Waals surface area contributed by atoms with Gasteiger partial charge in [0.15, 0.2) is 8.32 Å². The Balaban J connectivity index is 5.30. The summed E-state index contributed by atoms with van der Waals surface area (Å²) in [5.74, 6) is -1.26. The lowest BCUT2D eigenvalue weighted by Gasteiger charge is -2.40. The largest absolute Gasteiger partial charge is 0.465 e. The van der Waals surface area contributed by atoms with Crippen LogP contribution in [-0.2, 0) is 23.5 Å². The van der Waals surface area contributed by atoms with Crippen molar-refractivity contribution in [2.45, 2.75) is 65.8 Å². The van der Waals surface area contributed by atoms with Crippen LogP contribution in [-0.4, -0.2) is 45.5 Å². The number of carbonyl (C=O) groups excluding carboxylic acids is 2. The van der Waals surface area contributed by atoms with Crippen LogP contribution in [0.1, 0.15) is 41.5 Å². The zero-order valence-electron chi connectivity index (χ0n) is 15.6. The lowest BCUT2D eigenvalue weighted by Crippen LogP contribution is -2.50. The van der Waals surface area contributed by atoms with Crippen molar-refractivity contribution in [3.63, 3.8) is 0 Å². The molecule has 0 saturated heterocycles. The topological polar surface area (TPSA) is 61.8 Å². The minimum Gasteiger partial charge on any atom is -0.465 e. The zero-order valence-corrected chi connectivity index (χ0v) is 17.4. The molecule has 0 spiro atoms. The van der Waals surface area contributed by atoms with Crippen molar-refractivity contribution in [3.05, 3.63) is 0 Å². The minimum atomic E-state index is -2.05. The molecular formula is C16H31ClO5Si. The Morgan fingerprint density at radius 1 is 1.17 bits per heavy atom. The van der Waals surface area contributed by atoms with Gasteiger partial charge >= 0.3 is 11.9 Å². The summed E-state index contributed by atoms with van der Waals surface area (Å²) in [7, 11) is -2.05. The van der Waals surface area contributed by atoms with E-state index in [1.807, 2.05) is 0 Å². The fraction of sp³-hybridized carbons (Fsp3) is 0.875. The molecule has 0 aliphatic rings. The van der Waals surface area contributed by atoms with Crippen molar-refractivity contribution < 1.29 is 23.5 Å². The van der Waals surface area contributed by atoms with Gasteiger partial charge in [-0.15, -0.1) is 11.6 Å². The molecule has 0 radical (unpaired) electrons. The lowest BCUT2D eigenvalue weighted by molar-refractivity contribution is -0.172. The van der Waals surface area contributed by atoms with Crippen LogP contribution >= 0.6 is 11.6 Å². The summed E-state index contributed by atoms with van der Waals surface area (Å²) in [6.45, 7) is 16.1. The quantitative estimate of drug-likeness (QED) is 0.372. The Labute approximate surface area is 146 Å². The molecule has 0 heterocycles. The molecule has 0 aromatic carbocycles. The molecule has 0 aromatic rings. The monoisotopic (exact) mass is 366 g/mol. The molecule has 0 aliphatic heterocycles. The third-order valence-corrected chi connectivity index (χ3v) is 9.29. The van der Waals surface area contributed by atoms with E-state index in [2.05, 4.69) is 33.9 Å². The fourth-order valence-electron chi connectivity index (χ4n) is 1.54. The van der Waals surface area contributed by atoms with E-state index in [0.717, 1.165) is 0 Å². The van der Waals surface area contributed by atoms with Crippen LogP contribution in [0.15, 0.2) is 0 Å². The van der Waals surface area contributed by atoms with E-state index in [1.165, 1.54) is 0 Å². The molecule has 0 unspecified atom stereocenters. The molecular weight excluding hydrogens is 336 g/mol. The van der Waals surface area contributed by atoms with E-state index in [-0.39, 0.29) is 24.1 Å². The number of ether oxygens (including phenoxy) is 2. The van der Waals surface area contributed by atoms with Crippen LogP contribution in [0.25, 0.3) is 0 Å². The highest BCUT2D eigenvalue weighted by atomic mass is 35.5. The molecule has 0 saturated carbocycles. The molecule has 7 heteroatoms. The molecule has 0 aliphatic carbocycles. The van der Waals surface area contributed by atoms with Crippen molar-refractivity contribution in [1.29, 1.82) is 0 Å². The van der Waals surface area contributed by atoms with Crippen LogP contribution in [0.4, 0.5) is 0 Å². The van der Waals surface area contributed by atoms with Gasteiger partial charge in [0.1, 0.15) is 17.4 Å². The standard InChI is InChI=1S/C16H31ClO5Si/c1-9-20-14(19)16(6,12(2)22-13(18)10-17)11-21-23(7,8)15(3,4)5/h12H,9-11H2,1-8H3/t12-,16-/m0/s1. The smallest absolute Gasteiger partial charge is 0.321 e. The predicted molar refractivity (Wildman–Crippen MR) is 94.2 cm³/mol. The summed E-state index contributed by atoms with van der Waals surface area (Å²) in [4.78, 5) is 23.9. The van der Waals surface area contributed by atoms with E-state index in [9.17, 15) is 9.59 Å². The van der Waals surface area contributed by atoms with Gasteiger partial charge in [0.25, 0.3) is 0 Å². The zero-order chi connectivity index (χ0) is 18.5. The van der Waals surface area contributed by atoms with E-state index in [1.54, 1.807) is 20.8 Å². The van der Waals surface area contributed by atoms with Gasteiger partial charge in [-0.2, -0.15) is 0 Å². The van der Waals surface area contributed by atoms with Gasteiger partial charge in [-0.3, -0.25) is 9.59 Å². The van der Waals surface area contributed by atoms with Crippen LogP contribution in [0, 0.1) is 5.41 Å². The van der Waals surface area contributed by atoms with Gasteiger partial charge < -0.3 is 13.9 Å². The second-order valence-corrected chi connectivity index (χ2v) is 12.5. The average molecular weight is 367 g/mol. The highest BCUT2D eigenvalue weighted by Crippen LogP contribution is 2.38. The fourth-order valence-corrected chi connectivity index (χ4v) is 2.70. The average Bonchev–Trinajstić information content (AvgIpc) is 2.43. The minimum absolute atomic E-state index is 0.0125. The van der Waals surface area contributed by atoms with Gasteiger partial charge in [-0.25, -0.2) is 0 Å². The molecule has 0 aromatic heterocycles. The number of hydrogen-bond acceptors (Lipinski definition) is 5. The van der Waals surface area contributed by atoms with Gasteiger partial charge in [0.05, 0.1) is 13.2 Å². The third kappa shape index (κ3) is 6.08. The number of halogens is 1. The predicted octanol–water partition coefficient (Wildman–Crippen LogP) is 3.75. The molecule has 0 fully saturated rings. The Hall–Kier alpha value is -0.593. The lowest BCUT2D eigenvalue weighted by atomic mass is 9.86. The third-order valence-electron chi connectivity index (χ3n) is 4.60. The van der Waals surface area contributed by atoms with Crippen molar-refractivity contribution in [2.24, 2.45) is 5.41 Å². The van der Waals surface area contributed by atoms with Gasteiger partial charge in [-0.1, -0.05) is 20.8 Å². The number of rotatable bonds is 8. The van der Waals surface area contributed by atoms with Crippen LogP contribution in [0.3, 0.4) is 0 Å². The highest BCUT2D eigenvalue weighted by Gasteiger charge is 2.46. The summed E-state index contributed by atoms with van der Waals surface area (Å²) in [6, 6.07) is 0. The molecule has 5 nitrogen and oxygen atoms in total. The van der Waals surface area contributed by atoms with Crippen molar-refractivity contribution in [2.75, 3.05) is 19.1 Å². The van der Waals surface area contributed by atoms with Gasteiger partial charge in [0.2, 0.25) is 0 Å². The van der Waals surface area contributed by atoms with E-state index < -0.39 is 31.8 Å². The van der Waals surface area contributed by atoms with Crippen LogP contribution in [0.2, 0.25) is 18.1 Å². The second kappa shape index (κ2) is 8.49. The molecule has 2 atom stereocenters. The number of esters is 2. The molecule has 136 valence electrons. The van der Waals surface area contributed by atoms with Crippen LogP contribution < -0.4 is 0 Å². The number of hydrogen-bond donors (Lipinski definition) is 0. The van der Waals surface area contributed by atoms with Crippen LogP contribution in [0.5, 0.6) is 0 Å². The molecule has 0 N–H and O–H groups in total. The number of carbonyl (C=O) groups is 2. The first-order chi connectivity index (χ1) is 10.3. The molecule has 0 amide bonds. The number of alkyl halides is 1. The Kier molecular flexibility index (Phi) is 8.27. The Morgan fingerprint density at radius 2 is 1.70 bits per heavy atom. The Bertz CT molecular complexity index is 419. The summed E-state index contributed by atoms with van der Waals surface area (Å²) >= 11 is 5.48. The first-order valence-corrected chi connectivity index (χ1v) is 11.3. The maximum absolute atomic E-state index is 12.4. The van der Waals surface area contributed by atoms with E-state index >= 15 is 0 Å². The van der Waals surface area contributed by atoms with Crippen molar-refractivity contribution in [3.8, 4) is 0 Å². The molecule has 0 bridgehead atoms. The highest BCUT2D eigenvalue weighted by molar-refractivity contribution is 6.74. The summed E-state index contributed by atoms with van der Waals surface area (Å²) in [5, 5.41) is 0.0125. The molecule has 0 rings (SSSR count). The summed E-state index contributed by atoms with van der Waals surface area (Å²) in [5.41, 5.74) is -1.08. The van der Waals surface area contributed by atoms with Gasteiger partial charge in [-0.05, 0) is 38.9 Å². The SMILES string of the molecule is CCOC(=O)[C@@](C)(CO[Si](C)(C)C(C)(C)C)[C@H](C)OC(=O)CCl. The first-order valence-electron chi connectivity index (χ1n) is 7.88. The maximum Gasteiger partial charge on any atom is 0.321 e. The normalized spacial score (nSPS) is 16.4. The van der Waals surface area contributed by atoms with Gasteiger partial charge in [0, 0.05) is 0 Å².